The Morgan fingerprint density at radius 2 is 1.95 bits per heavy atom. The van der Waals surface area contributed by atoms with Gasteiger partial charge >= 0.3 is 0 Å². The smallest absolute Gasteiger partial charge is 0.143 e. The van der Waals surface area contributed by atoms with Crippen LogP contribution in [0.4, 0.5) is 15.8 Å². The Hall–Kier alpha value is -1.58. The summed E-state index contributed by atoms with van der Waals surface area (Å²) in [6.45, 7) is 0. The molecule has 0 atom stereocenters. The summed E-state index contributed by atoms with van der Waals surface area (Å²) in [6.07, 6.45) is 0. The summed E-state index contributed by atoms with van der Waals surface area (Å²) in [7, 11) is 1.56. The number of methoxy groups -OCH3 is 1. The maximum atomic E-state index is 13.6. The van der Waals surface area contributed by atoms with E-state index in [2.05, 4.69) is 37.2 Å². The molecule has 0 fully saturated rings. The Balaban J connectivity index is 2.46. The standard InChI is InChI=1S/C14H9Br2FN2O/c1-20-14-6-13(9(15)5-10(14)16)19-12-4-2-3-11(17)8(12)7-18/h2-6,19H,1H3. The van der Waals surface area contributed by atoms with Crippen molar-refractivity contribution in [2.24, 2.45) is 0 Å². The third-order valence-electron chi connectivity index (χ3n) is 2.64. The minimum Gasteiger partial charge on any atom is -0.495 e. The van der Waals surface area contributed by atoms with Crippen LogP contribution in [0.3, 0.4) is 0 Å². The van der Waals surface area contributed by atoms with Gasteiger partial charge in [-0.15, -0.1) is 0 Å². The van der Waals surface area contributed by atoms with Gasteiger partial charge in [-0.05, 0) is 50.1 Å². The summed E-state index contributed by atoms with van der Waals surface area (Å²) in [5.74, 6) is 0.0725. The van der Waals surface area contributed by atoms with Gasteiger partial charge < -0.3 is 10.1 Å². The van der Waals surface area contributed by atoms with E-state index in [1.54, 1.807) is 25.3 Å². The van der Waals surface area contributed by atoms with E-state index in [-0.39, 0.29) is 5.56 Å². The topological polar surface area (TPSA) is 45.0 Å². The predicted molar refractivity (Wildman–Crippen MR) is 82.8 cm³/mol. The van der Waals surface area contributed by atoms with Crippen molar-refractivity contribution in [2.75, 3.05) is 12.4 Å². The lowest BCUT2D eigenvalue weighted by Crippen LogP contribution is -1.97. The number of benzene rings is 2. The lowest BCUT2D eigenvalue weighted by atomic mass is 10.1. The van der Waals surface area contributed by atoms with Crippen LogP contribution in [0.25, 0.3) is 0 Å². The maximum Gasteiger partial charge on any atom is 0.143 e. The van der Waals surface area contributed by atoms with Gasteiger partial charge in [-0.25, -0.2) is 4.39 Å². The molecule has 102 valence electrons. The molecule has 0 amide bonds. The monoisotopic (exact) mass is 398 g/mol. The molecular formula is C14H9Br2FN2O. The Kier molecular flexibility index (Phi) is 4.63. The van der Waals surface area contributed by atoms with Crippen LogP contribution in [0.5, 0.6) is 5.75 Å². The van der Waals surface area contributed by atoms with E-state index in [9.17, 15) is 4.39 Å². The molecule has 0 aromatic heterocycles. The van der Waals surface area contributed by atoms with Crippen molar-refractivity contribution in [2.45, 2.75) is 0 Å². The van der Waals surface area contributed by atoms with Gasteiger partial charge in [-0.1, -0.05) is 6.07 Å². The van der Waals surface area contributed by atoms with Gasteiger partial charge in [0, 0.05) is 10.5 Å². The molecule has 2 aromatic carbocycles. The molecule has 0 aliphatic rings. The van der Waals surface area contributed by atoms with E-state index in [4.69, 9.17) is 10.00 Å². The number of nitriles is 1. The molecule has 0 radical (unpaired) electrons. The second kappa shape index (κ2) is 6.25. The van der Waals surface area contributed by atoms with Crippen molar-refractivity contribution in [3.8, 4) is 11.8 Å². The molecule has 0 saturated carbocycles. The van der Waals surface area contributed by atoms with Crippen LogP contribution in [0.1, 0.15) is 5.56 Å². The average molecular weight is 400 g/mol. The van der Waals surface area contributed by atoms with E-state index in [1.807, 2.05) is 12.1 Å². The molecule has 0 spiro atoms. The van der Waals surface area contributed by atoms with E-state index in [1.165, 1.54) is 6.07 Å². The first-order chi connectivity index (χ1) is 9.56. The zero-order valence-electron chi connectivity index (χ0n) is 10.4. The summed E-state index contributed by atoms with van der Waals surface area (Å²) < 4.78 is 20.3. The minimum atomic E-state index is -0.558. The first-order valence-corrected chi connectivity index (χ1v) is 7.14. The summed E-state index contributed by atoms with van der Waals surface area (Å²) in [5, 5.41) is 12.0. The van der Waals surface area contributed by atoms with Gasteiger partial charge in [-0.2, -0.15) is 5.26 Å². The van der Waals surface area contributed by atoms with Crippen LogP contribution in [-0.2, 0) is 0 Å². The van der Waals surface area contributed by atoms with Crippen molar-refractivity contribution >= 4 is 43.2 Å². The number of nitrogens with one attached hydrogen (secondary N) is 1. The van der Waals surface area contributed by atoms with Gasteiger partial charge in [-0.3, -0.25) is 0 Å². The molecular weight excluding hydrogens is 391 g/mol. The summed E-state index contributed by atoms with van der Waals surface area (Å²) >= 11 is 6.78. The number of anilines is 2. The minimum absolute atomic E-state index is 0.0266. The fourth-order valence-electron chi connectivity index (χ4n) is 1.67. The van der Waals surface area contributed by atoms with E-state index < -0.39 is 5.82 Å². The molecule has 20 heavy (non-hydrogen) atoms. The SMILES string of the molecule is COc1cc(Nc2cccc(F)c2C#N)c(Br)cc1Br. The highest BCUT2D eigenvalue weighted by molar-refractivity contribution is 9.11. The van der Waals surface area contributed by atoms with Crippen LogP contribution >= 0.6 is 31.9 Å². The van der Waals surface area contributed by atoms with Gasteiger partial charge in [0.1, 0.15) is 23.2 Å². The van der Waals surface area contributed by atoms with Crippen LogP contribution in [0.15, 0.2) is 39.3 Å². The van der Waals surface area contributed by atoms with Crippen molar-refractivity contribution in [1.29, 1.82) is 5.26 Å². The van der Waals surface area contributed by atoms with Gasteiger partial charge in [0.2, 0.25) is 0 Å². The van der Waals surface area contributed by atoms with Crippen molar-refractivity contribution < 1.29 is 9.13 Å². The largest absolute Gasteiger partial charge is 0.495 e. The molecule has 2 aromatic rings. The highest BCUT2D eigenvalue weighted by Gasteiger charge is 2.11. The molecule has 0 aliphatic heterocycles. The Bertz CT molecular complexity index is 698. The van der Waals surface area contributed by atoms with Gasteiger partial charge in [0.25, 0.3) is 0 Å². The van der Waals surface area contributed by atoms with E-state index in [0.29, 0.717) is 17.1 Å². The van der Waals surface area contributed by atoms with Crippen LogP contribution < -0.4 is 10.1 Å². The van der Waals surface area contributed by atoms with Crippen molar-refractivity contribution in [3.63, 3.8) is 0 Å². The number of hydrogen-bond donors (Lipinski definition) is 1. The molecule has 0 bridgehead atoms. The quantitative estimate of drug-likeness (QED) is 0.791. The molecule has 0 heterocycles. The average Bonchev–Trinajstić information content (AvgIpc) is 2.42. The third kappa shape index (κ3) is 2.94. The fraction of sp³-hybridized carbons (Fsp3) is 0.0714. The fourth-order valence-corrected chi connectivity index (χ4v) is 2.92. The molecule has 0 aliphatic carbocycles. The molecule has 6 heteroatoms. The van der Waals surface area contributed by atoms with Crippen LogP contribution in [-0.4, -0.2) is 7.11 Å². The molecule has 2 rings (SSSR count). The second-order valence-corrected chi connectivity index (χ2v) is 5.57. The number of halogens is 3. The lowest BCUT2D eigenvalue weighted by Gasteiger charge is -2.13. The van der Waals surface area contributed by atoms with Crippen molar-refractivity contribution in [3.05, 3.63) is 50.7 Å². The maximum absolute atomic E-state index is 13.6. The first-order valence-electron chi connectivity index (χ1n) is 5.55. The van der Waals surface area contributed by atoms with E-state index in [0.717, 1.165) is 8.95 Å². The zero-order chi connectivity index (χ0) is 14.7. The number of nitrogens with zero attached hydrogens (tertiary/aromatic N) is 1. The van der Waals surface area contributed by atoms with Crippen molar-refractivity contribution in [1.82, 2.24) is 0 Å². The normalized spacial score (nSPS) is 9.95. The summed E-state index contributed by atoms with van der Waals surface area (Å²) in [6, 6.07) is 9.85. The lowest BCUT2D eigenvalue weighted by molar-refractivity contribution is 0.412. The third-order valence-corrected chi connectivity index (χ3v) is 3.91. The van der Waals surface area contributed by atoms with Crippen LogP contribution in [0.2, 0.25) is 0 Å². The number of ether oxygens (including phenoxy) is 1. The zero-order valence-corrected chi connectivity index (χ0v) is 13.5. The first kappa shape index (κ1) is 14.8. The highest BCUT2D eigenvalue weighted by Crippen LogP contribution is 2.36. The van der Waals surface area contributed by atoms with Crippen LogP contribution in [0, 0.1) is 17.1 Å². The Morgan fingerprint density at radius 1 is 1.20 bits per heavy atom. The summed E-state index contributed by atoms with van der Waals surface area (Å²) in [4.78, 5) is 0. The Morgan fingerprint density at radius 3 is 2.60 bits per heavy atom. The van der Waals surface area contributed by atoms with Gasteiger partial charge in [0.15, 0.2) is 0 Å². The Labute approximate surface area is 132 Å². The second-order valence-electron chi connectivity index (χ2n) is 3.87. The number of rotatable bonds is 3. The highest BCUT2D eigenvalue weighted by atomic mass is 79.9. The molecule has 3 nitrogen and oxygen atoms in total. The molecule has 0 unspecified atom stereocenters. The summed E-state index contributed by atoms with van der Waals surface area (Å²) in [5.41, 5.74) is 1.05. The predicted octanol–water partition coefficient (Wildman–Crippen LogP) is 4.97. The van der Waals surface area contributed by atoms with E-state index >= 15 is 0 Å². The molecule has 1 N–H and O–H groups in total. The van der Waals surface area contributed by atoms with Gasteiger partial charge in [0.05, 0.1) is 23.0 Å². The molecule has 0 saturated heterocycles. The number of hydrogen-bond acceptors (Lipinski definition) is 3.